The fourth-order valence-electron chi connectivity index (χ4n) is 2.45. The van der Waals surface area contributed by atoms with Gasteiger partial charge in [0.1, 0.15) is 5.75 Å². The minimum Gasteiger partial charge on any atom is -0.496 e. The third-order valence-electron chi connectivity index (χ3n) is 3.76. The minimum atomic E-state index is -0.788. The van der Waals surface area contributed by atoms with Crippen LogP contribution in [0.3, 0.4) is 0 Å². The highest BCUT2D eigenvalue weighted by Crippen LogP contribution is 2.29. The molecule has 2 N–H and O–H groups in total. The second-order valence-corrected chi connectivity index (χ2v) is 5.59. The van der Waals surface area contributed by atoms with E-state index in [1.54, 1.807) is 31.5 Å². The average molecular weight is 342 g/mol. The van der Waals surface area contributed by atoms with Gasteiger partial charge in [0.05, 0.1) is 12.8 Å². The van der Waals surface area contributed by atoms with Crippen molar-refractivity contribution in [3.8, 4) is 17.0 Å². The Morgan fingerprint density at radius 2 is 2.00 bits per heavy atom. The van der Waals surface area contributed by atoms with Crippen molar-refractivity contribution in [2.24, 2.45) is 0 Å². The van der Waals surface area contributed by atoms with Crippen molar-refractivity contribution in [1.82, 2.24) is 10.3 Å². The molecule has 0 aliphatic heterocycles. The number of hydrogen-bond acceptors (Lipinski definition) is 4. The first kappa shape index (κ1) is 18.4. The molecule has 6 heteroatoms. The maximum absolute atomic E-state index is 12.3. The Bertz CT molecular complexity index is 717. The quantitative estimate of drug-likeness (QED) is 0.684. The van der Waals surface area contributed by atoms with Gasteiger partial charge >= 0.3 is 5.97 Å². The van der Waals surface area contributed by atoms with Gasteiger partial charge in [0.25, 0.3) is 5.91 Å². The molecule has 1 aromatic heterocycles. The van der Waals surface area contributed by atoms with Gasteiger partial charge in [0, 0.05) is 30.3 Å². The van der Waals surface area contributed by atoms with Crippen LogP contribution in [-0.2, 0) is 4.79 Å². The number of nitrogens with zero attached hydrogens (tertiary/aromatic N) is 1. The molecule has 25 heavy (non-hydrogen) atoms. The fraction of sp³-hybridized carbons (Fsp3) is 0.316. The normalized spacial score (nSPS) is 10.3. The van der Waals surface area contributed by atoms with E-state index in [1.807, 2.05) is 18.2 Å². The van der Waals surface area contributed by atoms with E-state index in [9.17, 15) is 9.59 Å². The van der Waals surface area contributed by atoms with Gasteiger partial charge in [0.15, 0.2) is 0 Å². The van der Waals surface area contributed by atoms with Crippen LogP contribution in [0.2, 0.25) is 0 Å². The van der Waals surface area contributed by atoms with E-state index >= 15 is 0 Å². The molecule has 0 radical (unpaired) electrons. The molecule has 6 nitrogen and oxygen atoms in total. The van der Waals surface area contributed by atoms with Crippen LogP contribution in [0.5, 0.6) is 5.75 Å². The summed E-state index contributed by atoms with van der Waals surface area (Å²) in [5, 5.41) is 11.4. The lowest BCUT2D eigenvalue weighted by atomic mass is 10.1. The number of unbranched alkanes of at least 4 members (excludes halogenated alkanes) is 2. The van der Waals surface area contributed by atoms with Crippen molar-refractivity contribution in [3.05, 3.63) is 48.2 Å². The Morgan fingerprint density at radius 3 is 2.68 bits per heavy atom. The molecule has 132 valence electrons. The zero-order chi connectivity index (χ0) is 18.1. The molecular weight excluding hydrogens is 320 g/mol. The lowest BCUT2D eigenvalue weighted by Gasteiger charge is -2.11. The van der Waals surface area contributed by atoms with E-state index < -0.39 is 5.97 Å². The molecule has 2 rings (SSSR count). The number of hydrogen-bond donors (Lipinski definition) is 2. The molecule has 0 spiro atoms. The van der Waals surface area contributed by atoms with Crippen molar-refractivity contribution in [3.63, 3.8) is 0 Å². The molecule has 2 aromatic rings. The zero-order valence-corrected chi connectivity index (χ0v) is 14.2. The molecule has 0 unspecified atom stereocenters. The van der Waals surface area contributed by atoms with Crippen LogP contribution < -0.4 is 10.1 Å². The van der Waals surface area contributed by atoms with Gasteiger partial charge in [-0.15, -0.1) is 0 Å². The van der Waals surface area contributed by atoms with Crippen LogP contribution >= 0.6 is 0 Å². The van der Waals surface area contributed by atoms with Crippen LogP contribution in [0.15, 0.2) is 42.6 Å². The molecule has 1 amide bonds. The van der Waals surface area contributed by atoms with Crippen molar-refractivity contribution in [2.75, 3.05) is 13.7 Å². The molecule has 1 heterocycles. The van der Waals surface area contributed by atoms with Crippen molar-refractivity contribution in [2.45, 2.75) is 25.7 Å². The van der Waals surface area contributed by atoms with Crippen LogP contribution in [0.1, 0.15) is 36.0 Å². The summed E-state index contributed by atoms with van der Waals surface area (Å²) < 4.78 is 5.36. The van der Waals surface area contributed by atoms with Gasteiger partial charge in [-0.1, -0.05) is 12.5 Å². The van der Waals surface area contributed by atoms with Crippen LogP contribution in [0.25, 0.3) is 11.3 Å². The second kappa shape index (κ2) is 9.42. The molecule has 0 fully saturated rings. The Morgan fingerprint density at radius 1 is 1.16 bits per heavy atom. The highest BCUT2D eigenvalue weighted by Gasteiger charge is 2.12. The fourth-order valence-corrected chi connectivity index (χ4v) is 2.45. The highest BCUT2D eigenvalue weighted by atomic mass is 16.5. The summed E-state index contributed by atoms with van der Waals surface area (Å²) in [6, 6.07) is 10.8. The van der Waals surface area contributed by atoms with E-state index in [-0.39, 0.29) is 12.3 Å². The number of carbonyl (C=O) groups excluding carboxylic acids is 1. The Balaban J connectivity index is 1.97. The van der Waals surface area contributed by atoms with Crippen molar-refractivity contribution in [1.29, 1.82) is 0 Å². The number of pyridine rings is 1. The largest absolute Gasteiger partial charge is 0.496 e. The Hall–Kier alpha value is -2.89. The number of benzene rings is 1. The van der Waals surface area contributed by atoms with Gasteiger partial charge in [-0.3, -0.25) is 14.6 Å². The number of amides is 1. The summed E-state index contributed by atoms with van der Waals surface area (Å²) in [5.41, 5.74) is 2.03. The number of ether oxygens (including phenoxy) is 1. The number of aliphatic carboxylic acids is 1. The first-order valence-electron chi connectivity index (χ1n) is 8.21. The average Bonchev–Trinajstić information content (AvgIpc) is 2.64. The number of aromatic nitrogens is 1. The minimum absolute atomic E-state index is 0.167. The predicted molar refractivity (Wildman–Crippen MR) is 94.7 cm³/mol. The SMILES string of the molecule is COc1ccc(C(=O)NCCCCCC(=O)O)cc1-c1ccccn1. The smallest absolute Gasteiger partial charge is 0.303 e. The van der Waals surface area contributed by atoms with Gasteiger partial charge in [-0.25, -0.2) is 0 Å². The first-order valence-corrected chi connectivity index (χ1v) is 8.21. The van der Waals surface area contributed by atoms with Gasteiger partial charge in [0.2, 0.25) is 0 Å². The molecule has 0 aliphatic rings. The zero-order valence-electron chi connectivity index (χ0n) is 14.2. The lowest BCUT2D eigenvalue weighted by molar-refractivity contribution is -0.137. The van der Waals surface area contributed by atoms with E-state index in [2.05, 4.69) is 10.3 Å². The highest BCUT2D eigenvalue weighted by molar-refractivity contribution is 5.96. The number of methoxy groups -OCH3 is 1. The maximum atomic E-state index is 12.3. The summed E-state index contributed by atoms with van der Waals surface area (Å²) >= 11 is 0. The van der Waals surface area contributed by atoms with E-state index in [1.165, 1.54) is 0 Å². The van der Waals surface area contributed by atoms with Crippen LogP contribution in [0, 0.1) is 0 Å². The van der Waals surface area contributed by atoms with Crippen LogP contribution in [-0.4, -0.2) is 35.6 Å². The molecular formula is C19H22N2O4. The lowest BCUT2D eigenvalue weighted by Crippen LogP contribution is -2.24. The molecule has 0 bridgehead atoms. The van der Waals surface area contributed by atoms with Crippen LogP contribution in [0.4, 0.5) is 0 Å². The Kier molecular flexibility index (Phi) is 6.95. The number of nitrogens with one attached hydrogen (secondary N) is 1. The number of carboxylic acid groups (broad SMARTS) is 1. The monoisotopic (exact) mass is 342 g/mol. The summed E-state index contributed by atoms with van der Waals surface area (Å²) in [5.74, 6) is -0.300. The van der Waals surface area contributed by atoms with Crippen molar-refractivity contribution < 1.29 is 19.4 Å². The number of carboxylic acids is 1. The van der Waals surface area contributed by atoms with Gasteiger partial charge in [-0.05, 0) is 43.2 Å². The predicted octanol–water partition coefficient (Wildman–Crippen LogP) is 3.13. The van der Waals surface area contributed by atoms with Crippen molar-refractivity contribution >= 4 is 11.9 Å². The molecule has 1 aromatic carbocycles. The van der Waals surface area contributed by atoms with Gasteiger partial charge in [-0.2, -0.15) is 0 Å². The summed E-state index contributed by atoms with van der Waals surface area (Å²) in [4.78, 5) is 27.1. The standard InChI is InChI=1S/C19H22N2O4/c1-25-17-10-9-14(13-15(17)16-7-4-6-11-20-16)19(24)21-12-5-2-3-8-18(22)23/h4,6-7,9-11,13H,2-3,5,8,12H2,1H3,(H,21,24)(H,22,23). The van der Waals surface area contributed by atoms with Gasteiger partial charge < -0.3 is 15.2 Å². The topological polar surface area (TPSA) is 88.5 Å². The number of carbonyl (C=O) groups is 2. The summed E-state index contributed by atoms with van der Waals surface area (Å²) in [6.07, 6.45) is 4.01. The Labute approximate surface area is 146 Å². The van der Waals surface area contributed by atoms with E-state index in [4.69, 9.17) is 9.84 Å². The van der Waals surface area contributed by atoms with E-state index in [0.29, 0.717) is 24.3 Å². The molecule has 0 saturated heterocycles. The third kappa shape index (κ3) is 5.60. The van der Waals surface area contributed by atoms with E-state index in [0.717, 1.165) is 24.1 Å². The molecule has 0 saturated carbocycles. The maximum Gasteiger partial charge on any atom is 0.303 e. The molecule has 0 atom stereocenters. The number of rotatable bonds is 9. The first-order chi connectivity index (χ1) is 12.1. The molecule has 0 aliphatic carbocycles. The third-order valence-corrected chi connectivity index (χ3v) is 3.76. The second-order valence-electron chi connectivity index (χ2n) is 5.59. The summed E-state index contributed by atoms with van der Waals surface area (Å²) in [7, 11) is 1.58. The summed E-state index contributed by atoms with van der Waals surface area (Å²) in [6.45, 7) is 0.517.